The Balaban J connectivity index is 2.00. The molecule has 0 aliphatic carbocycles. The molecule has 0 aromatic heterocycles. The Hall–Kier alpha value is -1.39. The van der Waals surface area contributed by atoms with Crippen LogP contribution in [0, 0.1) is 11.8 Å². The molecule has 1 aliphatic rings. The number of rotatable bonds is 4. The van der Waals surface area contributed by atoms with Gasteiger partial charge in [-0.15, -0.1) is 0 Å². The number of aliphatic hydroxyl groups excluding tert-OH is 1. The molecule has 0 saturated carbocycles. The minimum absolute atomic E-state index is 0.00256. The van der Waals surface area contributed by atoms with E-state index in [1.807, 2.05) is 30.3 Å². The Morgan fingerprint density at radius 1 is 1.44 bits per heavy atom. The molecule has 1 heterocycles. The first-order chi connectivity index (χ1) is 8.72. The van der Waals surface area contributed by atoms with Gasteiger partial charge in [0.2, 0.25) is 5.91 Å². The fourth-order valence-corrected chi connectivity index (χ4v) is 2.36. The highest BCUT2D eigenvalue weighted by Gasteiger charge is 2.30. The van der Waals surface area contributed by atoms with Crippen molar-refractivity contribution in [3.8, 4) is 0 Å². The van der Waals surface area contributed by atoms with E-state index in [0.29, 0.717) is 5.92 Å². The van der Waals surface area contributed by atoms with Crippen molar-refractivity contribution >= 4 is 5.91 Å². The lowest BCUT2D eigenvalue weighted by Gasteiger charge is -2.20. The molecule has 18 heavy (non-hydrogen) atoms. The van der Waals surface area contributed by atoms with Gasteiger partial charge in [-0.3, -0.25) is 4.79 Å². The second-order valence-electron chi connectivity index (χ2n) is 4.90. The lowest BCUT2D eigenvalue weighted by atomic mass is 9.96. The third-order valence-electron chi connectivity index (χ3n) is 3.56. The van der Waals surface area contributed by atoms with Crippen LogP contribution in [0.5, 0.6) is 0 Å². The summed E-state index contributed by atoms with van der Waals surface area (Å²) >= 11 is 0. The van der Waals surface area contributed by atoms with Crippen LogP contribution in [0.15, 0.2) is 30.3 Å². The van der Waals surface area contributed by atoms with Crippen molar-refractivity contribution in [1.82, 2.24) is 10.6 Å². The summed E-state index contributed by atoms with van der Waals surface area (Å²) in [6, 6.07) is 9.25. The van der Waals surface area contributed by atoms with E-state index in [2.05, 4.69) is 17.6 Å². The standard InChI is InChI=1S/C14H20N2O2/c1-10-7-15-8-12(10)14(18)16-13(9-17)11-5-3-2-4-6-11/h2-6,10,12-13,15,17H,7-9H2,1H3,(H,16,18)/t10?,12?,13-/m0/s1. The quantitative estimate of drug-likeness (QED) is 0.735. The van der Waals surface area contributed by atoms with Gasteiger partial charge in [0.1, 0.15) is 0 Å². The minimum Gasteiger partial charge on any atom is -0.394 e. The second kappa shape index (κ2) is 5.98. The van der Waals surface area contributed by atoms with Gasteiger partial charge in [-0.2, -0.15) is 0 Å². The molecule has 1 saturated heterocycles. The van der Waals surface area contributed by atoms with Crippen molar-refractivity contribution in [2.24, 2.45) is 11.8 Å². The van der Waals surface area contributed by atoms with Gasteiger partial charge in [-0.1, -0.05) is 37.3 Å². The molecule has 0 radical (unpaired) electrons. The molecule has 4 heteroatoms. The number of hydrogen-bond acceptors (Lipinski definition) is 3. The predicted molar refractivity (Wildman–Crippen MR) is 69.9 cm³/mol. The first-order valence-corrected chi connectivity index (χ1v) is 6.39. The summed E-state index contributed by atoms with van der Waals surface area (Å²) in [5, 5.41) is 15.5. The Morgan fingerprint density at radius 3 is 2.72 bits per heavy atom. The molecule has 1 aliphatic heterocycles. The number of carbonyl (C=O) groups is 1. The topological polar surface area (TPSA) is 61.4 Å². The maximum atomic E-state index is 12.1. The van der Waals surface area contributed by atoms with Crippen LogP contribution in [0.4, 0.5) is 0 Å². The molecule has 1 aromatic carbocycles. The molecule has 0 spiro atoms. The number of hydrogen-bond donors (Lipinski definition) is 3. The minimum atomic E-state index is -0.313. The van der Waals surface area contributed by atoms with E-state index in [9.17, 15) is 9.90 Å². The Bertz CT molecular complexity index is 394. The van der Waals surface area contributed by atoms with Crippen molar-refractivity contribution in [1.29, 1.82) is 0 Å². The van der Waals surface area contributed by atoms with Gasteiger partial charge >= 0.3 is 0 Å². The summed E-state index contributed by atoms with van der Waals surface area (Å²) < 4.78 is 0. The monoisotopic (exact) mass is 248 g/mol. The zero-order chi connectivity index (χ0) is 13.0. The molecule has 2 unspecified atom stereocenters. The third kappa shape index (κ3) is 2.89. The van der Waals surface area contributed by atoms with E-state index in [1.54, 1.807) is 0 Å². The van der Waals surface area contributed by atoms with Crippen LogP contribution in [0.1, 0.15) is 18.5 Å². The molecule has 1 aromatic rings. The SMILES string of the molecule is CC1CNCC1C(=O)N[C@@H](CO)c1ccccc1. The van der Waals surface area contributed by atoms with Gasteiger partial charge < -0.3 is 15.7 Å². The largest absolute Gasteiger partial charge is 0.394 e. The average Bonchev–Trinajstić information content (AvgIpc) is 2.83. The highest BCUT2D eigenvalue weighted by atomic mass is 16.3. The Labute approximate surface area is 107 Å². The fourth-order valence-electron chi connectivity index (χ4n) is 2.36. The van der Waals surface area contributed by atoms with Crippen LogP contribution in [0.25, 0.3) is 0 Å². The fraction of sp³-hybridized carbons (Fsp3) is 0.500. The van der Waals surface area contributed by atoms with Crippen molar-refractivity contribution in [2.75, 3.05) is 19.7 Å². The Kier molecular flexibility index (Phi) is 4.33. The molecular formula is C14H20N2O2. The molecule has 2 rings (SSSR count). The van der Waals surface area contributed by atoms with Gasteiger partial charge in [0.25, 0.3) is 0 Å². The molecule has 0 bridgehead atoms. The zero-order valence-electron chi connectivity index (χ0n) is 10.6. The molecular weight excluding hydrogens is 228 g/mol. The van der Waals surface area contributed by atoms with Crippen LogP contribution in [0.2, 0.25) is 0 Å². The van der Waals surface area contributed by atoms with Crippen molar-refractivity contribution in [3.05, 3.63) is 35.9 Å². The lowest BCUT2D eigenvalue weighted by Crippen LogP contribution is -2.38. The molecule has 4 nitrogen and oxygen atoms in total. The van der Waals surface area contributed by atoms with E-state index >= 15 is 0 Å². The first kappa shape index (κ1) is 13.1. The highest BCUT2D eigenvalue weighted by molar-refractivity contribution is 5.80. The maximum absolute atomic E-state index is 12.1. The van der Waals surface area contributed by atoms with E-state index in [-0.39, 0.29) is 24.5 Å². The van der Waals surface area contributed by atoms with Crippen LogP contribution in [0.3, 0.4) is 0 Å². The number of benzene rings is 1. The first-order valence-electron chi connectivity index (χ1n) is 6.39. The summed E-state index contributed by atoms with van der Waals surface area (Å²) in [6.45, 7) is 3.60. The molecule has 3 atom stereocenters. The molecule has 1 fully saturated rings. The number of carbonyl (C=O) groups excluding carboxylic acids is 1. The van der Waals surface area contributed by atoms with E-state index < -0.39 is 0 Å². The van der Waals surface area contributed by atoms with Crippen molar-refractivity contribution in [3.63, 3.8) is 0 Å². The van der Waals surface area contributed by atoms with E-state index in [1.165, 1.54) is 0 Å². The zero-order valence-corrected chi connectivity index (χ0v) is 10.6. The normalized spacial score (nSPS) is 24.8. The Morgan fingerprint density at radius 2 is 2.17 bits per heavy atom. The van der Waals surface area contributed by atoms with Gasteiger partial charge in [-0.25, -0.2) is 0 Å². The van der Waals surface area contributed by atoms with Gasteiger partial charge in [0.15, 0.2) is 0 Å². The summed E-state index contributed by atoms with van der Waals surface area (Å²) in [4.78, 5) is 12.1. The third-order valence-corrected chi connectivity index (χ3v) is 3.56. The van der Waals surface area contributed by atoms with Gasteiger partial charge in [-0.05, 0) is 18.0 Å². The van der Waals surface area contributed by atoms with Crippen molar-refractivity contribution < 1.29 is 9.90 Å². The maximum Gasteiger partial charge on any atom is 0.225 e. The highest BCUT2D eigenvalue weighted by Crippen LogP contribution is 2.18. The van der Waals surface area contributed by atoms with E-state index in [0.717, 1.165) is 18.7 Å². The predicted octanol–water partition coefficient (Wildman–Crippen LogP) is 0.692. The second-order valence-corrected chi connectivity index (χ2v) is 4.90. The van der Waals surface area contributed by atoms with Crippen LogP contribution in [-0.2, 0) is 4.79 Å². The summed E-state index contributed by atoms with van der Waals surface area (Å²) in [7, 11) is 0. The summed E-state index contributed by atoms with van der Waals surface area (Å²) in [5.74, 6) is 0.373. The van der Waals surface area contributed by atoms with Crippen LogP contribution in [-0.4, -0.2) is 30.7 Å². The molecule has 98 valence electrons. The number of aliphatic hydroxyl groups is 1. The molecule has 1 amide bonds. The van der Waals surface area contributed by atoms with Crippen molar-refractivity contribution in [2.45, 2.75) is 13.0 Å². The van der Waals surface area contributed by atoms with Crippen LogP contribution < -0.4 is 10.6 Å². The summed E-state index contributed by atoms with van der Waals surface area (Å²) in [5.41, 5.74) is 0.937. The number of amides is 1. The summed E-state index contributed by atoms with van der Waals surface area (Å²) in [6.07, 6.45) is 0. The van der Waals surface area contributed by atoms with E-state index in [4.69, 9.17) is 0 Å². The van der Waals surface area contributed by atoms with Gasteiger partial charge in [0, 0.05) is 6.54 Å². The average molecular weight is 248 g/mol. The van der Waals surface area contributed by atoms with Gasteiger partial charge in [0.05, 0.1) is 18.6 Å². The lowest BCUT2D eigenvalue weighted by molar-refractivity contribution is -0.126. The van der Waals surface area contributed by atoms with Crippen LogP contribution >= 0.6 is 0 Å². The molecule has 3 N–H and O–H groups in total. The smallest absolute Gasteiger partial charge is 0.225 e. The number of nitrogens with one attached hydrogen (secondary N) is 2.